The van der Waals surface area contributed by atoms with E-state index in [0.717, 1.165) is 47.1 Å². The van der Waals surface area contributed by atoms with Gasteiger partial charge in [-0.05, 0) is 48.7 Å². The van der Waals surface area contributed by atoms with E-state index in [4.69, 9.17) is 4.98 Å². The van der Waals surface area contributed by atoms with Gasteiger partial charge >= 0.3 is 0 Å². The molecule has 0 spiro atoms. The smallest absolute Gasteiger partial charge is 0.254 e. The van der Waals surface area contributed by atoms with Gasteiger partial charge < -0.3 is 10.2 Å². The fourth-order valence-electron chi connectivity index (χ4n) is 4.63. The van der Waals surface area contributed by atoms with E-state index in [0.29, 0.717) is 12.1 Å². The second-order valence-corrected chi connectivity index (χ2v) is 8.90. The summed E-state index contributed by atoms with van der Waals surface area (Å²) in [7, 11) is 0. The topological polar surface area (TPSA) is 62.5 Å². The van der Waals surface area contributed by atoms with Gasteiger partial charge in [0.2, 0.25) is 0 Å². The van der Waals surface area contributed by atoms with Gasteiger partial charge in [0, 0.05) is 42.0 Å². The third-order valence-corrected chi connectivity index (χ3v) is 6.44. The summed E-state index contributed by atoms with van der Waals surface area (Å²) in [6.45, 7) is 3.36. The van der Waals surface area contributed by atoms with E-state index in [-0.39, 0.29) is 5.91 Å². The van der Waals surface area contributed by atoms with Gasteiger partial charge in [-0.15, -0.1) is 0 Å². The van der Waals surface area contributed by atoms with Crippen molar-refractivity contribution in [2.45, 2.75) is 19.9 Å². The zero-order valence-electron chi connectivity index (χ0n) is 19.5. The van der Waals surface area contributed by atoms with Crippen LogP contribution in [0.3, 0.4) is 0 Å². The largest absolute Gasteiger partial charge is 0.340 e. The van der Waals surface area contributed by atoms with Gasteiger partial charge in [0.1, 0.15) is 5.82 Å². The van der Waals surface area contributed by atoms with Crippen LogP contribution >= 0.6 is 0 Å². The normalized spacial score (nSPS) is 13.0. The van der Waals surface area contributed by atoms with Crippen LogP contribution in [0.15, 0.2) is 91.0 Å². The van der Waals surface area contributed by atoms with Crippen LogP contribution < -0.4 is 5.32 Å². The number of hydrogen-bond acceptors (Lipinski definition) is 4. The second-order valence-electron chi connectivity index (χ2n) is 8.90. The second kappa shape index (κ2) is 8.72. The molecule has 0 fully saturated rings. The SMILES string of the molecule is Cc1cc2nc(-c3ccccc3)cc(Nc3ccc(C(=O)N4CCc5ccccc5C4)cc3)n2n1. The molecule has 0 saturated carbocycles. The Hall–Kier alpha value is -4.45. The van der Waals surface area contributed by atoms with Crippen molar-refractivity contribution >= 4 is 23.1 Å². The molecular formula is C29H25N5O. The molecule has 172 valence electrons. The Morgan fingerprint density at radius 3 is 2.43 bits per heavy atom. The van der Waals surface area contributed by atoms with Crippen molar-refractivity contribution < 1.29 is 4.79 Å². The first-order chi connectivity index (χ1) is 17.1. The first-order valence-electron chi connectivity index (χ1n) is 11.8. The molecule has 3 aromatic carbocycles. The number of aryl methyl sites for hydroxylation is 1. The number of amides is 1. The number of benzene rings is 3. The molecule has 0 bridgehead atoms. The molecule has 6 heteroatoms. The number of rotatable bonds is 4. The fraction of sp³-hybridized carbons (Fsp3) is 0.138. The number of aromatic nitrogens is 3. The Bertz CT molecular complexity index is 1520. The van der Waals surface area contributed by atoms with E-state index in [1.807, 2.05) is 89.1 Å². The monoisotopic (exact) mass is 459 g/mol. The van der Waals surface area contributed by atoms with Gasteiger partial charge in [0.05, 0.1) is 11.4 Å². The van der Waals surface area contributed by atoms with Crippen molar-refractivity contribution in [1.82, 2.24) is 19.5 Å². The quantitative estimate of drug-likeness (QED) is 0.377. The molecule has 35 heavy (non-hydrogen) atoms. The zero-order valence-corrected chi connectivity index (χ0v) is 19.5. The van der Waals surface area contributed by atoms with E-state index in [2.05, 4.69) is 28.6 Å². The Kier molecular flexibility index (Phi) is 5.26. The van der Waals surface area contributed by atoms with Gasteiger partial charge in [0.25, 0.3) is 5.91 Å². The minimum absolute atomic E-state index is 0.0615. The summed E-state index contributed by atoms with van der Waals surface area (Å²) >= 11 is 0. The third-order valence-electron chi connectivity index (χ3n) is 6.44. The van der Waals surface area contributed by atoms with E-state index in [9.17, 15) is 4.79 Å². The lowest BCUT2D eigenvalue weighted by Gasteiger charge is -2.29. The lowest BCUT2D eigenvalue weighted by Crippen LogP contribution is -2.35. The highest BCUT2D eigenvalue weighted by molar-refractivity contribution is 5.94. The zero-order chi connectivity index (χ0) is 23.8. The van der Waals surface area contributed by atoms with Crippen LogP contribution in [0, 0.1) is 6.92 Å². The third kappa shape index (κ3) is 4.15. The molecule has 0 atom stereocenters. The number of carbonyl (C=O) groups excluding carboxylic acids is 1. The summed E-state index contributed by atoms with van der Waals surface area (Å²) in [5.41, 5.74) is 7.73. The molecule has 0 aliphatic carbocycles. The number of anilines is 2. The van der Waals surface area contributed by atoms with Crippen LogP contribution in [0.4, 0.5) is 11.5 Å². The van der Waals surface area contributed by atoms with Crippen molar-refractivity contribution in [2.75, 3.05) is 11.9 Å². The molecular weight excluding hydrogens is 434 g/mol. The average Bonchev–Trinajstić information content (AvgIpc) is 3.29. The molecule has 1 aliphatic rings. The lowest BCUT2D eigenvalue weighted by molar-refractivity contribution is 0.0734. The Morgan fingerprint density at radius 2 is 1.63 bits per heavy atom. The van der Waals surface area contributed by atoms with Crippen LogP contribution in [0.1, 0.15) is 27.2 Å². The lowest BCUT2D eigenvalue weighted by atomic mass is 9.99. The van der Waals surface area contributed by atoms with Crippen molar-refractivity contribution in [1.29, 1.82) is 0 Å². The summed E-state index contributed by atoms with van der Waals surface area (Å²) < 4.78 is 1.81. The van der Waals surface area contributed by atoms with Gasteiger partial charge in [-0.3, -0.25) is 4.79 Å². The number of nitrogens with one attached hydrogen (secondary N) is 1. The van der Waals surface area contributed by atoms with Gasteiger partial charge in [0.15, 0.2) is 5.65 Å². The van der Waals surface area contributed by atoms with Crippen molar-refractivity contribution in [3.05, 3.63) is 113 Å². The molecule has 1 amide bonds. The first kappa shape index (κ1) is 21.1. The highest BCUT2D eigenvalue weighted by Crippen LogP contribution is 2.26. The minimum atomic E-state index is 0.0615. The molecule has 0 saturated heterocycles. The van der Waals surface area contributed by atoms with Gasteiger partial charge in [-0.2, -0.15) is 9.61 Å². The summed E-state index contributed by atoms with van der Waals surface area (Å²) in [6.07, 6.45) is 0.895. The molecule has 6 rings (SSSR count). The number of nitrogens with zero attached hydrogens (tertiary/aromatic N) is 4. The molecule has 5 aromatic rings. The molecule has 1 N–H and O–H groups in total. The minimum Gasteiger partial charge on any atom is -0.340 e. The van der Waals surface area contributed by atoms with Crippen molar-refractivity contribution in [2.24, 2.45) is 0 Å². The van der Waals surface area contributed by atoms with Crippen LogP contribution in [0.25, 0.3) is 16.9 Å². The maximum absolute atomic E-state index is 13.1. The number of hydrogen-bond donors (Lipinski definition) is 1. The Balaban J connectivity index is 1.25. The Morgan fingerprint density at radius 1 is 0.886 bits per heavy atom. The van der Waals surface area contributed by atoms with E-state index >= 15 is 0 Å². The van der Waals surface area contributed by atoms with Crippen molar-refractivity contribution in [3.63, 3.8) is 0 Å². The van der Waals surface area contributed by atoms with Gasteiger partial charge in [-0.1, -0.05) is 54.6 Å². The summed E-state index contributed by atoms with van der Waals surface area (Å²) in [5, 5.41) is 8.06. The summed E-state index contributed by atoms with van der Waals surface area (Å²) in [6, 6.07) is 30.1. The van der Waals surface area contributed by atoms with Crippen molar-refractivity contribution in [3.8, 4) is 11.3 Å². The predicted octanol–water partition coefficient (Wildman–Crippen LogP) is 5.65. The van der Waals surface area contributed by atoms with E-state index in [1.54, 1.807) is 0 Å². The number of carbonyl (C=O) groups is 1. The number of fused-ring (bicyclic) bond motifs is 2. The maximum Gasteiger partial charge on any atom is 0.254 e. The van der Waals surface area contributed by atoms with Crippen LogP contribution in [0.2, 0.25) is 0 Å². The van der Waals surface area contributed by atoms with E-state index < -0.39 is 0 Å². The molecule has 0 unspecified atom stereocenters. The fourth-order valence-corrected chi connectivity index (χ4v) is 4.63. The first-order valence-corrected chi connectivity index (χ1v) is 11.8. The molecule has 0 radical (unpaired) electrons. The molecule has 2 aromatic heterocycles. The highest BCUT2D eigenvalue weighted by atomic mass is 16.2. The molecule has 3 heterocycles. The summed E-state index contributed by atoms with van der Waals surface area (Å²) in [5.74, 6) is 0.875. The molecule has 1 aliphatic heterocycles. The van der Waals surface area contributed by atoms with Crippen LogP contribution in [-0.2, 0) is 13.0 Å². The maximum atomic E-state index is 13.1. The van der Waals surface area contributed by atoms with Crippen LogP contribution in [-0.4, -0.2) is 31.9 Å². The van der Waals surface area contributed by atoms with Crippen LogP contribution in [0.5, 0.6) is 0 Å². The average molecular weight is 460 g/mol. The molecule has 6 nitrogen and oxygen atoms in total. The standard InChI is InChI=1S/C29H25N5O/c1-20-17-27-31-26(22-8-3-2-4-9-22)18-28(34(27)32-20)30-25-13-11-23(12-14-25)29(35)33-16-15-21-7-5-6-10-24(21)19-33/h2-14,17-18,30H,15-16,19H2,1H3. The predicted molar refractivity (Wildman–Crippen MR) is 138 cm³/mol. The van der Waals surface area contributed by atoms with E-state index in [1.165, 1.54) is 11.1 Å². The highest BCUT2D eigenvalue weighted by Gasteiger charge is 2.21. The summed E-state index contributed by atoms with van der Waals surface area (Å²) in [4.78, 5) is 19.9. The van der Waals surface area contributed by atoms with Gasteiger partial charge in [-0.25, -0.2) is 4.98 Å². The Labute approximate surface area is 203 Å².